The third-order valence-corrected chi connectivity index (χ3v) is 3.94. The molecular weight excluding hydrogens is 326 g/mol. The minimum atomic E-state index is -0.916. The molecule has 2 rings (SSSR count). The average molecular weight is 346 g/mol. The van der Waals surface area contributed by atoms with Gasteiger partial charge >= 0.3 is 5.97 Å². The Bertz CT molecular complexity index is 758. The summed E-state index contributed by atoms with van der Waals surface area (Å²) in [6, 6.07) is 12.3. The molecule has 4 nitrogen and oxygen atoms in total. The van der Waals surface area contributed by atoms with Crippen LogP contribution in [0.4, 0.5) is 5.69 Å². The van der Waals surface area contributed by atoms with Crippen LogP contribution in [0.2, 0.25) is 5.02 Å². The zero-order chi connectivity index (χ0) is 17.7. The van der Waals surface area contributed by atoms with Gasteiger partial charge in [-0.3, -0.25) is 4.79 Å². The van der Waals surface area contributed by atoms with Crippen LogP contribution in [0.15, 0.2) is 42.5 Å². The molecule has 1 atom stereocenters. The number of carbonyl (C=O) groups is 2. The zero-order valence-corrected chi connectivity index (χ0v) is 14.7. The number of para-hydroxylation sites is 1. The second kappa shape index (κ2) is 7.97. The van der Waals surface area contributed by atoms with Crippen molar-refractivity contribution < 1.29 is 14.3 Å². The molecule has 2 aromatic rings. The molecule has 0 fully saturated rings. The van der Waals surface area contributed by atoms with Crippen molar-refractivity contribution >= 4 is 29.2 Å². The van der Waals surface area contributed by atoms with Crippen LogP contribution in [0.5, 0.6) is 0 Å². The Labute approximate surface area is 146 Å². The van der Waals surface area contributed by atoms with Crippen molar-refractivity contribution in [2.45, 2.75) is 33.3 Å². The number of benzene rings is 2. The molecule has 0 saturated carbocycles. The number of amides is 1. The highest BCUT2D eigenvalue weighted by Crippen LogP contribution is 2.21. The quantitative estimate of drug-likeness (QED) is 0.817. The van der Waals surface area contributed by atoms with Crippen molar-refractivity contribution in [2.24, 2.45) is 0 Å². The molecule has 1 N–H and O–H groups in total. The summed E-state index contributed by atoms with van der Waals surface area (Å²) in [6.07, 6.45) is -0.116. The van der Waals surface area contributed by atoms with Gasteiger partial charge in [0, 0.05) is 10.7 Å². The first-order chi connectivity index (χ1) is 11.4. The van der Waals surface area contributed by atoms with E-state index in [9.17, 15) is 9.59 Å². The SMILES string of the molecule is CCc1cccc(C)c1NC(=O)[C@@H](C)OC(=O)c1cccc(Cl)c1. The summed E-state index contributed by atoms with van der Waals surface area (Å²) in [6.45, 7) is 5.49. The topological polar surface area (TPSA) is 55.4 Å². The van der Waals surface area contributed by atoms with Crippen molar-refractivity contribution in [3.8, 4) is 0 Å². The van der Waals surface area contributed by atoms with Crippen LogP contribution in [0.1, 0.15) is 35.3 Å². The monoisotopic (exact) mass is 345 g/mol. The molecule has 1 amide bonds. The van der Waals surface area contributed by atoms with Gasteiger partial charge in [0.15, 0.2) is 6.10 Å². The van der Waals surface area contributed by atoms with Crippen LogP contribution in [0.25, 0.3) is 0 Å². The Morgan fingerprint density at radius 3 is 2.58 bits per heavy atom. The number of hydrogen-bond acceptors (Lipinski definition) is 3. The molecule has 0 spiro atoms. The van der Waals surface area contributed by atoms with E-state index in [2.05, 4.69) is 5.32 Å². The van der Waals surface area contributed by atoms with Crippen molar-refractivity contribution in [2.75, 3.05) is 5.32 Å². The number of hydrogen-bond donors (Lipinski definition) is 1. The lowest BCUT2D eigenvalue weighted by atomic mass is 10.1. The molecule has 0 unspecified atom stereocenters. The molecule has 126 valence electrons. The maximum Gasteiger partial charge on any atom is 0.338 e. The fraction of sp³-hybridized carbons (Fsp3) is 0.263. The predicted molar refractivity (Wildman–Crippen MR) is 95.5 cm³/mol. The summed E-state index contributed by atoms with van der Waals surface area (Å²) in [4.78, 5) is 24.4. The molecule has 2 aromatic carbocycles. The van der Waals surface area contributed by atoms with Gasteiger partial charge in [0.25, 0.3) is 5.91 Å². The van der Waals surface area contributed by atoms with Crippen molar-refractivity contribution in [3.63, 3.8) is 0 Å². The minimum Gasteiger partial charge on any atom is -0.449 e. The summed E-state index contributed by atoms with van der Waals surface area (Å²) in [5, 5.41) is 3.29. The smallest absolute Gasteiger partial charge is 0.338 e. The lowest BCUT2D eigenvalue weighted by Crippen LogP contribution is -2.30. The molecule has 5 heteroatoms. The number of carbonyl (C=O) groups excluding carboxylic acids is 2. The van der Waals surface area contributed by atoms with Crippen molar-refractivity contribution in [3.05, 3.63) is 64.2 Å². The lowest BCUT2D eigenvalue weighted by Gasteiger charge is -2.17. The van der Waals surface area contributed by atoms with Gasteiger partial charge < -0.3 is 10.1 Å². The van der Waals surface area contributed by atoms with Crippen LogP contribution in [0, 0.1) is 6.92 Å². The molecule has 0 aromatic heterocycles. The Hall–Kier alpha value is -2.33. The summed E-state index contributed by atoms with van der Waals surface area (Å²) >= 11 is 5.86. The van der Waals surface area contributed by atoms with Crippen molar-refractivity contribution in [1.82, 2.24) is 0 Å². The van der Waals surface area contributed by atoms with Crippen molar-refractivity contribution in [1.29, 1.82) is 0 Å². The second-order valence-corrected chi connectivity index (χ2v) is 5.95. The van der Waals surface area contributed by atoms with Gasteiger partial charge in [-0.15, -0.1) is 0 Å². The standard InChI is InChI=1S/C19H20ClNO3/c1-4-14-8-5-7-12(2)17(14)21-18(22)13(3)24-19(23)15-9-6-10-16(20)11-15/h5-11,13H,4H2,1-3H3,(H,21,22)/t13-/m1/s1. The van der Waals surface area contributed by atoms with Gasteiger partial charge in [0.1, 0.15) is 0 Å². The highest BCUT2D eigenvalue weighted by atomic mass is 35.5. The predicted octanol–water partition coefficient (Wildman–Crippen LogP) is 4.39. The highest BCUT2D eigenvalue weighted by molar-refractivity contribution is 6.30. The third-order valence-electron chi connectivity index (χ3n) is 3.70. The van der Waals surface area contributed by atoms with E-state index in [1.807, 2.05) is 32.0 Å². The lowest BCUT2D eigenvalue weighted by molar-refractivity contribution is -0.123. The molecule has 24 heavy (non-hydrogen) atoms. The number of rotatable bonds is 5. The molecule has 0 heterocycles. The van der Waals surface area contributed by atoms with Gasteiger partial charge in [0.2, 0.25) is 0 Å². The van der Waals surface area contributed by atoms with Gasteiger partial charge in [0.05, 0.1) is 5.56 Å². The van der Waals surface area contributed by atoms with E-state index in [0.29, 0.717) is 10.6 Å². The summed E-state index contributed by atoms with van der Waals surface area (Å²) in [7, 11) is 0. The Balaban J connectivity index is 2.06. The molecular formula is C19H20ClNO3. The van der Waals surface area contributed by atoms with Gasteiger partial charge in [-0.05, 0) is 49.6 Å². The Morgan fingerprint density at radius 1 is 1.21 bits per heavy atom. The highest BCUT2D eigenvalue weighted by Gasteiger charge is 2.20. The molecule has 0 radical (unpaired) electrons. The summed E-state index contributed by atoms with van der Waals surface area (Å²) < 4.78 is 5.23. The maximum atomic E-state index is 12.4. The van der Waals surface area contributed by atoms with Crippen LogP contribution in [0.3, 0.4) is 0 Å². The molecule has 0 saturated heterocycles. The molecule has 0 aliphatic rings. The van der Waals surface area contributed by atoms with Gasteiger partial charge in [-0.1, -0.05) is 42.8 Å². The molecule has 0 aliphatic carbocycles. The first-order valence-electron chi connectivity index (χ1n) is 7.78. The number of halogens is 1. The van der Waals surface area contributed by atoms with E-state index in [1.165, 1.54) is 6.07 Å². The van der Waals surface area contributed by atoms with E-state index < -0.39 is 12.1 Å². The Morgan fingerprint density at radius 2 is 1.92 bits per heavy atom. The maximum absolute atomic E-state index is 12.4. The summed E-state index contributed by atoms with van der Waals surface area (Å²) in [5.41, 5.74) is 3.09. The minimum absolute atomic E-state index is 0.312. The van der Waals surface area contributed by atoms with E-state index >= 15 is 0 Å². The number of anilines is 1. The second-order valence-electron chi connectivity index (χ2n) is 5.51. The van der Waals surface area contributed by atoms with E-state index in [0.717, 1.165) is 23.2 Å². The largest absolute Gasteiger partial charge is 0.449 e. The number of esters is 1. The molecule has 0 bridgehead atoms. The summed E-state index contributed by atoms with van der Waals surface area (Å²) in [5.74, 6) is -0.949. The number of aryl methyl sites for hydroxylation is 2. The third kappa shape index (κ3) is 4.36. The zero-order valence-electron chi connectivity index (χ0n) is 13.9. The van der Waals surface area contributed by atoms with Crippen LogP contribution >= 0.6 is 11.6 Å². The van der Waals surface area contributed by atoms with Gasteiger partial charge in [-0.2, -0.15) is 0 Å². The van der Waals surface area contributed by atoms with Crippen LogP contribution < -0.4 is 5.32 Å². The molecule has 0 aliphatic heterocycles. The van der Waals surface area contributed by atoms with E-state index in [4.69, 9.17) is 16.3 Å². The van der Waals surface area contributed by atoms with E-state index in [-0.39, 0.29) is 5.91 Å². The normalized spacial score (nSPS) is 11.7. The number of nitrogens with one attached hydrogen (secondary N) is 1. The van der Waals surface area contributed by atoms with Crippen LogP contribution in [-0.2, 0) is 16.0 Å². The number of ether oxygens (including phenoxy) is 1. The fourth-order valence-electron chi connectivity index (χ4n) is 2.32. The first-order valence-corrected chi connectivity index (χ1v) is 8.16. The fourth-order valence-corrected chi connectivity index (χ4v) is 2.51. The average Bonchev–Trinajstić information content (AvgIpc) is 2.56. The first kappa shape index (κ1) is 18.0. The van der Waals surface area contributed by atoms with Crippen LogP contribution in [-0.4, -0.2) is 18.0 Å². The van der Waals surface area contributed by atoms with E-state index in [1.54, 1.807) is 25.1 Å². The van der Waals surface area contributed by atoms with Gasteiger partial charge in [-0.25, -0.2) is 4.79 Å². The Kier molecular flexibility index (Phi) is 5.99.